The molecule has 0 amide bonds. The summed E-state index contributed by atoms with van der Waals surface area (Å²) < 4.78 is 5.01. The predicted molar refractivity (Wildman–Crippen MR) is 67.1 cm³/mol. The van der Waals surface area contributed by atoms with E-state index in [1.807, 2.05) is 18.2 Å². The minimum absolute atomic E-state index is 0.289. The number of fused-ring (bicyclic) bond motifs is 1. The van der Waals surface area contributed by atoms with Gasteiger partial charge in [0, 0.05) is 12.4 Å². The van der Waals surface area contributed by atoms with Gasteiger partial charge in [0.1, 0.15) is 0 Å². The highest BCUT2D eigenvalue weighted by molar-refractivity contribution is 5.73. The van der Waals surface area contributed by atoms with E-state index in [9.17, 15) is 4.79 Å². The zero-order valence-corrected chi connectivity index (χ0v) is 9.46. The summed E-state index contributed by atoms with van der Waals surface area (Å²) in [7, 11) is 0. The lowest BCUT2D eigenvalue weighted by molar-refractivity contribution is 0.555. The molecule has 2 heterocycles. The molecule has 0 saturated heterocycles. The lowest BCUT2D eigenvalue weighted by Crippen LogP contribution is -2.11. The maximum atomic E-state index is 11.1. The zero-order valence-electron chi connectivity index (χ0n) is 9.46. The zero-order chi connectivity index (χ0) is 12.5. The molecule has 1 atom stereocenters. The quantitative estimate of drug-likeness (QED) is 0.713. The number of H-pyrrole nitrogens is 1. The fourth-order valence-electron chi connectivity index (χ4n) is 1.91. The normalized spacial score (nSPS) is 12.7. The minimum Gasteiger partial charge on any atom is -0.408 e. The van der Waals surface area contributed by atoms with Gasteiger partial charge in [0.05, 0.1) is 11.6 Å². The molecule has 5 nitrogen and oxygen atoms in total. The van der Waals surface area contributed by atoms with E-state index in [4.69, 9.17) is 10.2 Å². The number of hydrogen-bond donors (Lipinski definition) is 2. The maximum Gasteiger partial charge on any atom is 0.417 e. The molecule has 5 heteroatoms. The van der Waals surface area contributed by atoms with Crippen molar-refractivity contribution in [2.45, 2.75) is 6.04 Å². The second kappa shape index (κ2) is 4.12. The molecule has 0 spiro atoms. The Morgan fingerprint density at radius 3 is 2.94 bits per heavy atom. The molecular formula is C13H11N3O2. The number of aromatic nitrogens is 2. The monoisotopic (exact) mass is 241 g/mol. The van der Waals surface area contributed by atoms with Gasteiger partial charge in [-0.1, -0.05) is 12.1 Å². The fraction of sp³-hybridized carbons (Fsp3) is 0.0769. The molecule has 0 saturated carbocycles. The molecule has 0 aliphatic rings. The van der Waals surface area contributed by atoms with Gasteiger partial charge in [-0.2, -0.15) is 0 Å². The van der Waals surface area contributed by atoms with E-state index >= 15 is 0 Å². The van der Waals surface area contributed by atoms with Gasteiger partial charge in [0.25, 0.3) is 0 Å². The van der Waals surface area contributed by atoms with Crippen LogP contribution >= 0.6 is 0 Å². The number of oxazole rings is 1. The summed E-state index contributed by atoms with van der Waals surface area (Å²) in [6.07, 6.45) is 3.42. The molecule has 1 aromatic carbocycles. The van der Waals surface area contributed by atoms with Crippen molar-refractivity contribution in [3.05, 3.63) is 64.4 Å². The minimum atomic E-state index is -0.461. The van der Waals surface area contributed by atoms with Crippen molar-refractivity contribution in [3.8, 4) is 0 Å². The summed E-state index contributed by atoms with van der Waals surface area (Å²) in [6.45, 7) is 0. The number of rotatable bonds is 2. The van der Waals surface area contributed by atoms with E-state index in [0.717, 1.165) is 11.1 Å². The molecule has 0 bridgehead atoms. The van der Waals surface area contributed by atoms with E-state index in [1.165, 1.54) is 0 Å². The van der Waals surface area contributed by atoms with Gasteiger partial charge in [-0.15, -0.1) is 0 Å². The number of nitrogens with two attached hydrogens (primary N) is 1. The lowest BCUT2D eigenvalue weighted by atomic mass is 10.0. The number of nitrogens with zero attached hydrogens (tertiary/aromatic N) is 1. The van der Waals surface area contributed by atoms with Crippen molar-refractivity contribution < 1.29 is 4.42 Å². The topological polar surface area (TPSA) is 84.9 Å². The van der Waals surface area contributed by atoms with E-state index in [2.05, 4.69) is 9.97 Å². The Hall–Kier alpha value is -2.40. The summed E-state index contributed by atoms with van der Waals surface area (Å²) >= 11 is 0. The first-order chi connectivity index (χ1) is 8.74. The van der Waals surface area contributed by atoms with Crippen molar-refractivity contribution in [2.75, 3.05) is 0 Å². The van der Waals surface area contributed by atoms with Crippen LogP contribution in [0.2, 0.25) is 0 Å². The Morgan fingerprint density at radius 2 is 2.17 bits per heavy atom. The molecule has 2 aromatic heterocycles. The maximum absolute atomic E-state index is 11.1. The second-order valence-corrected chi connectivity index (χ2v) is 4.03. The number of hydrogen-bond acceptors (Lipinski definition) is 4. The third-order valence-corrected chi connectivity index (χ3v) is 2.85. The largest absolute Gasteiger partial charge is 0.417 e. The second-order valence-electron chi connectivity index (χ2n) is 4.03. The van der Waals surface area contributed by atoms with Crippen LogP contribution in [-0.4, -0.2) is 9.97 Å². The highest BCUT2D eigenvalue weighted by Crippen LogP contribution is 2.21. The van der Waals surface area contributed by atoms with Crippen LogP contribution < -0.4 is 11.5 Å². The summed E-state index contributed by atoms with van der Waals surface area (Å²) in [5.41, 5.74) is 9.11. The first-order valence-electron chi connectivity index (χ1n) is 5.52. The molecule has 3 aromatic rings. The van der Waals surface area contributed by atoms with Gasteiger partial charge in [0.2, 0.25) is 0 Å². The van der Waals surface area contributed by atoms with Crippen LogP contribution in [0.5, 0.6) is 0 Å². The third kappa shape index (κ3) is 1.80. The number of benzene rings is 1. The Kier molecular flexibility index (Phi) is 2.46. The van der Waals surface area contributed by atoms with E-state index in [-0.39, 0.29) is 6.04 Å². The molecule has 0 radical (unpaired) electrons. The Morgan fingerprint density at radius 1 is 1.28 bits per heavy atom. The summed E-state index contributed by atoms with van der Waals surface area (Å²) in [5.74, 6) is -0.461. The molecule has 0 aliphatic carbocycles. The van der Waals surface area contributed by atoms with Crippen LogP contribution in [0.4, 0.5) is 0 Å². The average molecular weight is 241 g/mol. The predicted octanol–water partition coefficient (Wildman–Crippen LogP) is 1.56. The first-order valence-corrected chi connectivity index (χ1v) is 5.52. The Bertz CT molecular complexity index is 731. The van der Waals surface area contributed by atoms with Crippen LogP contribution in [0, 0.1) is 0 Å². The molecule has 0 fully saturated rings. The molecule has 3 N–H and O–H groups in total. The molecule has 1 unspecified atom stereocenters. The van der Waals surface area contributed by atoms with E-state index < -0.39 is 5.76 Å². The van der Waals surface area contributed by atoms with Crippen LogP contribution in [0.25, 0.3) is 11.1 Å². The average Bonchev–Trinajstić information content (AvgIpc) is 2.78. The molecule has 0 aliphatic heterocycles. The van der Waals surface area contributed by atoms with Gasteiger partial charge < -0.3 is 10.2 Å². The third-order valence-electron chi connectivity index (χ3n) is 2.85. The fourth-order valence-corrected chi connectivity index (χ4v) is 1.91. The number of pyridine rings is 1. The number of nitrogens with one attached hydrogen (secondary N) is 1. The van der Waals surface area contributed by atoms with Crippen LogP contribution in [0.1, 0.15) is 17.2 Å². The van der Waals surface area contributed by atoms with Crippen molar-refractivity contribution >= 4 is 11.1 Å². The van der Waals surface area contributed by atoms with Gasteiger partial charge >= 0.3 is 5.76 Å². The highest BCUT2D eigenvalue weighted by Gasteiger charge is 2.11. The van der Waals surface area contributed by atoms with Crippen molar-refractivity contribution in [1.82, 2.24) is 9.97 Å². The molecule has 3 rings (SSSR count). The lowest BCUT2D eigenvalue weighted by Gasteiger charge is -2.11. The number of aromatic amines is 1. The highest BCUT2D eigenvalue weighted by atomic mass is 16.4. The van der Waals surface area contributed by atoms with Gasteiger partial charge in [0.15, 0.2) is 5.58 Å². The molecule has 18 heavy (non-hydrogen) atoms. The van der Waals surface area contributed by atoms with Gasteiger partial charge in [-0.25, -0.2) is 4.79 Å². The van der Waals surface area contributed by atoms with Crippen molar-refractivity contribution in [1.29, 1.82) is 0 Å². The summed E-state index contributed by atoms with van der Waals surface area (Å²) in [5, 5.41) is 0. The Balaban J connectivity index is 2.06. The van der Waals surface area contributed by atoms with Crippen LogP contribution in [-0.2, 0) is 0 Å². The summed E-state index contributed by atoms with van der Waals surface area (Å²) in [4.78, 5) is 17.7. The van der Waals surface area contributed by atoms with Crippen molar-refractivity contribution in [3.63, 3.8) is 0 Å². The van der Waals surface area contributed by atoms with Gasteiger partial charge in [-0.05, 0) is 29.3 Å². The van der Waals surface area contributed by atoms with Crippen LogP contribution in [0.3, 0.4) is 0 Å². The van der Waals surface area contributed by atoms with E-state index in [0.29, 0.717) is 11.1 Å². The Labute approximate surface area is 102 Å². The first kappa shape index (κ1) is 10.7. The summed E-state index contributed by atoms with van der Waals surface area (Å²) in [6, 6.07) is 8.88. The van der Waals surface area contributed by atoms with Crippen molar-refractivity contribution in [2.24, 2.45) is 5.73 Å². The standard InChI is InChI=1S/C13H11N3O2/c14-12(9-2-1-5-15-7-9)8-3-4-10-11(6-8)18-13(17)16-10/h1-7,12H,14H2,(H,16,17). The SMILES string of the molecule is NC(c1cccnc1)c1ccc2[nH]c(=O)oc2c1. The van der Waals surface area contributed by atoms with Gasteiger partial charge in [-0.3, -0.25) is 9.97 Å². The molecular weight excluding hydrogens is 230 g/mol. The van der Waals surface area contributed by atoms with Crippen LogP contribution in [0.15, 0.2) is 51.9 Å². The molecule has 90 valence electrons. The van der Waals surface area contributed by atoms with E-state index in [1.54, 1.807) is 24.5 Å². The smallest absolute Gasteiger partial charge is 0.408 e.